The van der Waals surface area contributed by atoms with Crippen LogP contribution >= 0.6 is 0 Å². The van der Waals surface area contributed by atoms with Gasteiger partial charge in [-0.3, -0.25) is 0 Å². The first kappa shape index (κ1) is 12.4. The van der Waals surface area contributed by atoms with Gasteiger partial charge in [0, 0.05) is 5.54 Å². The predicted octanol–water partition coefficient (Wildman–Crippen LogP) is 1.86. The van der Waals surface area contributed by atoms with Gasteiger partial charge < -0.3 is 5.73 Å². The maximum absolute atomic E-state index is 11.5. The number of sulfone groups is 1. The van der Waals surface area contributed by atoms with Gasteiger partial charge in [-0.05, 0) is 25.2 Å². The van der Waals surface area contributed by atoms with E-state index in [-0.39, 0.29) is 11.5 Å². The predicted molar refractivity (Wildman–Crippen MR) is 66.0 cm³/mol. The Kier molecular flexibility index (Phi) is 3.59. The Morgan fingerprint density at radius 1 is 1.00 bits per heavy atom. The minimum atomic E-state index is -2.78. The Morgan fingerprint density at radius 2 is 1.56 bits per heavy atom. The van der Waals surface area contributed by atoms with Crippen molar-refractivity contribution in [3.05, 3.63) is 0 Å². The Balaban J connectivity index is 2.04. The fourth-order valence-corrected chi connectivity index (χ4v) is 5.14. The normalized spacial score (nSPS) is 34.2. The molecule has 4 heteroatoms. The Morgan fingerprint density at radius 3 is 2.06 bits per heavy atom. The molecule has 1 aliphatic heterocycles. The maximum Gasteiger partial charge on any atom is 0.150 e. The van der Waals surface area contributed by atoms with Gasteiger partial charge in [-0.25, -0.2) is 8.42 Å². The average molecular weight is 245 g/mol. The van der Waals surface area contributed by atoms with E-state index in [1.165, 1.54) is 32.1 Å². The summed E-state index contributed by atoms with van der Waals surface area (Å²) in [4.78, 5) is 0. The van der Waals surface area contributed by atoms with E-state index in [2.05, 4.69) is 0 Å². The second-order valence-electron chi connectivity index (χ2n) is 5.60. The summed E-state index contributed by atoms with van der Waals surface area (Å²) in [6.07, 6.45) is 9.02. The first-order valence-corrected chi connectivity index (χ1v) is 8.33. The van der Waals surface area contributed by atoms with Gasteiger partial charge in [0.25, 0.3) is 0 Å². The fraction of sp³-hybridized carbons (Fsp3) is 1.00. The van der Waals surface area contributed by atoms with Gasteiger partial charge in [0.2, 0.25) is 0 Å². The molecule has 1 unspecified atom stereocenters. The van der Waals surface area contributed by atoms with E-state index in [0.29, 0.717) is 11.5 Å². The quantitative estimate of drug-likeness (QED) is 0.767. The van der Waals surface area contributed by atoms with E-state index in [0.717, 1.165) is 19.3 Å². The van der Waals surface area contributed by atoms with E-state index in [1.807, 2.05) is 0 Å². The van der Waals surface area contributed by atoms with Crippen LogP contribution in [0.5, 0.6) is 0 Å². The molecule has 3 nitrogen and oxygen atoms in total. The molecule has 1 atom stereocenters. The number of rotatable bonds is 1. The van der Waals surface area contributed by atoms with Gasteiger partial charge in [0.05, 0.1) is 11.5 Å². The van der Waals surface area contributed by atoms with E-state index < -0.39 is 9.84 Å². The zero-order valence-electron chi connectivity index (χ0n) is 9.95. The van der Waals surface area contributed by atoms with Gasteiger partial charge >= 0.3 is 0 Å². The Hall–Kier alpha value is -0.0900. The van der Waals surface area contributed by atoms with Gasteiger partial charge in [-0.1, -0.05) is 32.1 Å². The molecule has 0 bridgehead atoms. The highest BCUT2D eigenvalue weighted by atomic mass is 32.2. The van der Waals surface area contributed by atoms with Crippen LogP contribution in [0.1, 0.15) is 51.4 Å². The summed E-state index contributed by atoms with van der Waals surface area (Å²) in [6, 6.07) is 0. The molecule has 1 aliphatic carbocycles. The molecule has 0 spiro atoms. The van der Waals surface area contributed by atoms with Crippen molar-refractivity contribution in [3.63, 3.8) is 0 Å². The van der Waals surface area contributed by atoms with Crippen LogP contribution in [0.4, 0.5) is 0 Å². The van der Waals surface area contributed by atoms with Crippen molar-refractivity contribution in [1.82, 2.24) is 0 Å². The van der Waals surface area contributed by atoms with Crippen molar-refractivity contribution in [2.75, 3.05) is 11.5 Å². The van der Waals surface area contributed by atoms with E-state index in [1.54, 1.807) is 0 Å². The summed E-state index contributed by atoms with van der Waals surface area (Å²) < 4.78 is 23.0. The van der Waals surface area contributed by atoms with Crippen LogP contribution in [0.3, 0.4) is 0 Å². The number of hydrogen-bond donors (Lipinski definition) is 1. The minimum absolute atomic E-state index is 0.190. The monoisotopic (exact) mass is 245 g/mol. The van der Waals surface area contributed by atoms with E-state index in [4.69, 9.17) is 5.73 Å². The summed E-state index contributed by atoms with van der Waals surface area (Å²) in [5.74, 6) is 0.913. The molecule has 2 N–H and O–H groups in total. The molecule has 2 rings (SSSR count). The van der Waals surface area contributed by atoms with Gasteiger partial charge in [-0.15, -0.1) is 0 Å². The highest BCUT2D eigenvalue weighted by molar-refractivity contribution is 7.91. The molecule has 1 saturated carbocycles. The fourth-order valence-electron chi connectivity index (χ4n) is 3.22. The largest absolute Gasteiger partial charge is 0.325 e. The average Bonchev–Trinajstić information content (AvgIpc) is 2.53. The lowest BCUT2D eigenvalue weighted by molar-refractivity contribution is 0.229. The zero-order chi connectivity index (χ0) is 11.6. The second-order valence-corrected chi connectivity index (χ2v) is 7.83. The van der Waals surface area contributed by atoms with Gasteiger partial charge in [0.1, 0.15) is 0 Å². The van der Waals surface area contributed by atoms with Crippen LogP contribution in [-0.2, 0) is 9.84 Å². The standard InChI is InChI=1S/C12H23NO2S/c13-12(7-4-2-1-3-5-8-12)11-6-9-16(14,15)10-11/h11H,1-10,13H2. The first-order chi connectivity index (χ1) is 7.52. The lowest BCUT2D eigenvalue weighted by atomic mass is 9.75. The van der Waals surface area contributed by atoms with Crippen LogP contribution in [0.15, 0.2) is 0 Å². The zero-order valence-corrected chi connectivity index (χ0v) is 10.8. The maximum atomic E-state index is 11.5. The van der Waals surface area contributed by atoms with Crippen LogP contribution in [-0.4, -0.2) is 25.5 Å². The molecule has 0 radical (unpaired) electrons. The molecule has 0 aromatic rings. The molecule has 0 aromatic heterocycles. The van der Waals surface area contributed by atoms with Crippen LogP contribution in [0.25, 0.3) is 0 Å². The van der Waals surface area contributed by atoms with Crippen molar-refractivity contribution >= 4 is 9.84 Å². The molecular weight excluding hydrogens is 222 g/mol. The lowest BCUT2D eigenvalue weighted by Gasteiger charge is -2.36. The summed E-state index contributed by atoms with van der Waals surface area (Å²) >= 11 is 0. The SMILES string of the molecule is NC1(C2CCS(=O)(=O)C2)CCCCCCC1. The summed E-state index contributed by atoms with van der Waals surface area (Å²) in [5.41, 5.74) is 6.30. The molecule has 2 aliphatic rings. The van der Waals surface area contributed by atoms with Gasteiger partial charge in [-0.2, -0.15) is 0 Å². The number of hydrogen-bond acceptors (Lipinski definition) is 3. The van der Waals surface area contributed by atoms with Crippen molar-refractivity contribution < 1.29 is 8.42 Å². The van der Waals surface area contributed by atoms with Crippen molar-refractivity contribution in [3.8, 4) is 0 Å². The highest BCUT2D eigenvalue weighted by Crippen LogP contribution is 2.36. The third kappa shape index (κ3) is 2.77. The molecule has 16 heavy (non-hydrogen) atoms. The molecule has 1 heterocycles. The molecule has 2 fully saturated rings. The summed E-state index contributed by atoms with van der Waals surface area (Å²) in [5, 5.41) is 0. The summed E-state index contributed by atoms with van der Waals surface area (Å²) in [7, 11) is -2.78. The molecule has 94 valence electrons. The highest BCUT2D eigenvalue weighted by Gasteiger charge is 2.41. The van der Waals surface area contributed by atoms with Gasteiger partial charge in [0.15, 0.2) is 9.84 Å². The topological polar surface area (TPSA) is 60.2 Å². The molecule has 1 saturated heterocycles. The van der Waals surface area contributed by atoms with Crippen molar-refractivity contribution in [2.24, 2.45) is 11.7 Å². The third-order valence-electron chi connectivity index (χ3n) is 4.33. The van der Waals surface area contributed by atoms with Crippen LogP contribution in [0.2, 0.25) is 0 Å². The minimum Gasteiger partial charge on any atom is -0.325 e. The molecular formula is C12H23NO2S. The Bertz CT molecular complexity index is 329. The third-order valence-corrected chi connectivity index (χ3v) is 6.10. The molecule has 0 aromatic carbocycles. The number of nitrogens with two attached hydrogens (primary N) is 1. The smallest absolute Gasteiger partial charge is 0.150 e. The Labute approximate surface area is 98.7 Å². The summed E-state index contributed by atoms with van der Waals surface area (Å²) in [6.45, 7) is 0. The van der Waals surface area contributed by atoms with Crippen LogP contribution < -0.4 is 5.73 Å². The first-order valence-electron chi connectivity index (χ1n) is 6.51. The van der Waals surface area contributed by atoms with E-state index >= 15 is 0 Å². The molecule has 0 amide bonds. The van der Waals surface area contributed by atoms with E-state index in [9.17, 15) is 8.42 Å². The van der Waals surface area contributed by atoms with Crippen LogP contribution in [0, 0.1) is 5.92 Å². The second kappa shape index (κ2) is 4.65. The lowest BCUT2D eigenvalue weighted by Crippen LogP contribution is -2.48. The van der Waals surface area contributed by atoms with Crippen molar-refractivity contribution in [1.29, 1.82) is 0 Å². The van der Waals surface area contributed by atoms with Crippen molar-refractivity contribution in [2.45, 2.75) is 56.9 Å².